The molecule has 0 aliphatic rings. The van der Waals surface area contributed by atoms with Crippen LogP contribution >= 0.6 is 0 Å². The first-order chi connectivity index (χ1) is 0. The van der Waals surface area contributed by atoms with E-state index in [0.29, 0.717) is 0 Å². The molecule has 0 heterocycles. The van der Waals surface area contributed by atoms with Crippen molar-refractivity contribution < 1.29 is 87.9 Å². The first kappa shape index (κ1) is 25.7. The van der Waals surface area contributed by atoms with Crippen LogP contribution in [0.15, 0.2) is 0 Å². The maximum atomic E-state index is 0. The fraction of sp³-hybridized carbons (Fsp3) is 0. The van der Waals surface area contributed by atoms with Gasteiger partial charge in [0, 0.05) is 85.0 Å². The largest absolute Gasteiger partial charge is 2.00 e. The molecule has 0 aromatic rings. The van der Waals surface area contributed by atoms with E-state index in [-0.39, 0.29) is 111 Å². The molecule has 0 aromatic heterocycles. The van der Waals surface area contributed by atoms with Gasteiger partial charge in [-0.25, -0.2) is 0 Å². The molecule has 23 valence electrons. The minimum atomic E-state index is 0. The molecule has 0 amide bonds. The molecule has 4 heteroatoms. The fourth-order valence-corrected chi connectivity index (χ4v) is 0. The van der Waals surface area contributed by atoms with Crippen molar-refractivity contribution in [3.05, 3.63) is 0 Å². The Morgan fingerprint density at radius 1 is 1.25 bits per heavy atom. The van der Waals surface area contributed by atoms with E-state index in [2.05, 4.69) is 0 Å². The van der Waals surface area contributed by atoms with Crippen LogP contribution in [0.2, 0.25) is 0 Å². The zero-order valence-electron chi connectivity index (χ0n) is 4.01. The molecule has 0 nitrogen and oxygen atoms in total. The zero-order valence-corrected chi connectivity index (χ0v) is 9.96. The summed E-state index contributed by atoms with van der Waals surface area (Å²) >= 11 is 0. The average molecular weight is 321 g/mol. The summed E-state index contributed by atoms with van der Waals surface area (Å²) in [4.78, 5) is 0. The molecule has 0 N–H and O–H groups in total. The van der Waals surface area contributed by atoms with Crippen LogP contribution in [0.3, 0.4) is 0 Å². The first-order valence-electron chi connectivity index (χ1n) is 0. The fourth-order valence-electron chi connectivity index (χ4n) is 0. The minimum absolute atomic E-state index is 0. The van der Waals surface area contributed by atoms with Crippen LogP contribution in [0.5, 0.6) is 0 Å². The van der Waals surface area contributed by atoms with E-state index in [4.69, 9.17) is 0 Å². The SMILES string of the molecule is [Ce].[Cu].[H-].[H-].[Mg+2].[Zr]. The Labute approximate surface area is 108 Å². The van der Waals surface area contributed by atoms with E-state index in [0.717, 1.165) is 0 Å². The van der Waals surface area contributed by atoms with Gasteiger partial charge >= 0.3 is 23.1 Å². The zero-order chi connectivity index (χ0) is 0. The number of rotatable bonds is 0. The Kier molecular flexibility index (Phi) is 103. The Balaban J connectivity index is 0. The molecular formula is H2CeCuMgZr. The third-order valence-electron chi connectivity index (χ3n) is 0. The summed E-state index contributed by atoms with van der Waals surface area (Å²) in [5.74, 6) is 0. The maximum absolute atomic E-state index is 0. The number of hydrogen-bond acceptors (Lipinski definition) is 0. The molecule has 0 aromatic carbocycles. The molecule has 0 spiro atoms. The van der Waals surface area contributed by atoms with Gasteiger partial charge in [-0.1, -0.05) is 0 Å². The molecule has 0 rings (SSSR count). The maximum Gasteiger partial charge on any atom is 2.00 e. The van der Waals surface area contributed by atoms with Gasteiger partial charge in [0.2, 0.25) is 0 Å². The summed E-state index contributed by atoms with van der Waals surface area (Å²) in [7, 11) is 0. The monoisotopic (exact) mass is 319 g/mol. The van der Waals surface area contributed by atoms with E-state index in [1.54, 1.807) is 0 Å². The topological polar surface area (TPSA) is 0 Å². The molecule has 0 atom stereocenters. The Bertz CT molecular complexity index is 13.5. The summed E-state index contributed by atoms with van der Waals surface area (Å²) in [6, 6.07) is 0. The van der Waals surface area contributed by atoms with Crippen molar-refractivity contribution in [3.8, 4) is 0 Å². The Hall–Kier alpha value is 3.55. The molecule has 0 saturated carbocycles. The van der Waals surface area contributed by atoms with Crippen molar-refractivity contribution in [1.29, 1.82) is 0 Å². The minimum Gasteiger partial charge on any atom is -1.00 e. The summed E-state index contributed by atoms with van der Waals surface area (Å²) < 4.78 is 0. The van der Waals surface area contributed by atoms with Gasteiger partial charge in [-0.3, -0.25) is 0 Å². The average Bonchev–Trinajstić information content (AvgIpc) is 0. The molecule has 0 aliphatic heterocycles. The van der Waals surface area contributed by atoms with E-state index < -0.39 is 0 Å². The second-order valence-corrected chi connectivity index (χ2v) is 0. The van der Waals surface area contributed by atoms with Gasteiger partial charge < -0.3 is 2.85 Å². The van der Waals surface area contributed by atoms with E-state index in [9.17, 15) is 0 Å². The van der Waals surface area contributed by atoms with Gasteiger partial charge in [0.1, 0.15) is 0 Å². The quantitative estimate of drug-likeness (QED) is 0.544. The Morgan fingerprint density at radius 3 is 1.25 bits per heavy atom. The smallest absolute Gasteiger partial charge is 1.00 e. The van der Waals surface area contributed by atoms with Crippen molar-refractivity contribution in [2.45, 2.75) is 0 Å². The molecule has 0 bridgehead atoms. The molecule has 1 radical (unpaired) electrons. The molecule has 0 saturated heterocycles. The van der Waals surface area contributed by atoms with Crippen LogP contribution < -0.4 is 0 Å². The molecule has 0 fully saturated rings. The summed E-state index contributed by atoms with van der Waals surface area (Å²) in [6.07, 6.45) is 0. The summed E-state index contributed by atoms with van der Waals surface area (Å²) in [5.41, 5.74) is 0. The van der Waals surface area contributed by atoms with Gasteiger partial charge in [0.05, 0.1) is 0 Å². The van der Waals surface area contributed by atoms with Crippen LogP contribution in [0.25, 0.3) is 0 Å². The van der Waals surface area contributed by atoms with Crippen molar-refractivity contribution in [2.24, 2.45) is 0 Å². The van der Waals surface area contributed by atoms with Gasteiger partial charge in [0.15, 0.2) is 0 Å². The summed E-state index contributed by atoms with van der Waals surface area (Å²) in [5, 5.41) is 0. The first-order valence-corrected chi connectivity index (χ1v) is 0. The van der Waals surface area contributed by atoms with Crippen LogP contribution in [0, 0.1) is 41.7 Å². The molecule has 4 heavy (non-hydrogen) atoms. The Morgan fingerprint density at radius 2 is 1.25 bits per heavy atom. The third kappa shape index (κ3) is 9.11. The second-order valence-electron chi connectivity index (χ2n) is 0. The van der Waals surface area contributed by atoms with Crippen LogP contribution in [-0.2, 0) is 43.3 Å². The van der Waals surface area contributed by atoms with Crippen molar-refractivity contribution in [2.75, 3.05) is 0 Å². The van der Waals surface area contributed by atoms with Crippen molar-refractivity contribution in [1.82, 2.24) is 0 Å². The van der Waals surface area contributed by atoms with Gasteiger partial charge in [0.25, 0.3) is 0 Å². The van der Waals surface area contributed by atoms with Crippen molar-refractivity contribution in [3.63, 3.8) is 0 Å². The predicted molar refractivity (Wildman–Crippen MR) is 7.98 cm³/mol. The van der Waals surface area contributed by atoms with E-state index in [1.165, 1.54) is 0 Å². The normalized spacial score (nSPS) is 0. The predicted octanol–water partition coefficient (Wildman–Crippen LogP) is -0.161. The second kappa shape index (κ2) is 16.0. The van der Waals surface area contributed by atoms with Crippen LogP contribution in [0.4, 0.5) is 0 Å². The standard InChI is InChI=1S/Ce.Cu.Mg.Zr.2H/q;;+2;;2*-1. The van der Waals surface area contributed by atoms with Crippen molar-refractivity contribution >= 4 is 23.1 Å². The third-order valence-corrected chi connectivity index (χ3v) is 0. The number of hydrogen-bond donors (Lipinski definition) is 0. The molecule has 0 unspecified atom stereocenters. The van der Waals surface area contributed by atoms with Gasteiger partial charge in [-0.05, 0) is 0 Å². The van der Waals surface area contributed by atoms with Gasteiger partial charge in [-0.15, -0.1) is 0 Å². The van der Waals surface area contributed by atoms with Gasteiger partial charge in [-0.2, -0.15) is 0 Å². The molecule has 0 aliphatic carbocycles. The molecular weight excluding hydrogens is 319 g/mol. The van der Waals surface area contributed by atoms with Crippen LogP contribution in [0.1, 0.15) is 2.85 Å². The van der Waals surface area contributed by atoms with Crippen LogP contribution in [-0.4, -0.2) is 23.1 Å². The summed E-state index contributed by atoms with van der Waals surface area (Å²) in [6.45, 7) is 0. The van der Waals surface area contributed by atoms with E-state index in [1.807, 2.05) is 0 Å². The van der Waals surface area contributed by atoms with E-state index >= 15 is 0 Å².